The summed E-state index contributed by atoms with van der Waals surface area (Å²) in [5, 5.41) is 0. The molecule has 0 saturated heterocycles. The van der Waals surface area contributed by atoms with E-state index in [2.05, 4.69) is 31.0 Å². The van der Waals surface area contributed by atoms with Gasteiger partial charge in [-0.1, -0.05) is 19.1 Å². The monoisotopic (exact) mass is 277 g/mol. The van der Waals surface area contributed by atoms with Crippen molar-refractivity contribution in [3.63, 3.8) is 0 Å². The topological polar surface area (TPSA) is 28.1 Å². The molecule has 0 aliphatic carbocycles. The summed E-state index contributed by atoms with van der Waals surface area (Å²) in [6.07, 6.45) is 1.04. The maximum absolute atomic E-state index is 6.01. The van der Waals surface area contributed by atoms with E-state index in [9.17, 15) is 0 Å². The van der Waals surface area contributed by atoms with Crippen molar-refractivity contribution in [2.45, 2.75) is 26.4 Å². The molecule has 0 aliphatic heterocycles. The Bertz CT molecular complexity index is 431. The number of aryl methyl sites for hydroxylation is 1. The van der Waals surface area contributed by atoms with Crippen LogP contribution in [0.15, 0.2) is 29.3 Å². The standard InChI is InChI=1S/C16H27N3O/c1-7-14(12-17-16(18(3)4)19(5)6)20-15-10-8-9-13(2)11-15/h8-11,14H,7,12H2,1-6H3. The molecular weight excluding hydrogens is 250 g/mol. The summed E-state index contributed by atoms with van der Waals surface area (Å²) in [4.78, 5) is 8.68. The Morgan fingerprint density at radius 2 is 1.85 bits per heavy atom. The fourth-order valence-corrected chi connectivity index (χ4v) is 2.00. The van der Waals surface area contributed by atoms with Gasteiger partial charge in [-0.3, -0.25) is 0 Å². The molecule has 0 spiro atoms. The lowest BCUT2D eigenvalue weighted by Crippen LogP contribution is -2.36. The molecular formula is C16H27N3O. The lowest BCUT2D eigenvalue weighted by molar-refractivity contribution is 0.204. The van der Waals surface area contributed by atoms with Crippen molar-refractivity contribution in [2.75, 3.05) is 34.7 Å². The molecule has 0 saturated carbocycles. The SMILES string of the molecule is CCC(CN=C(N(C)C)N(C)C)Oc1cccc(C)c1. The third kappa shape index (κ3) is 5.11. The van der Waals surface area contributed by atoms with E-state index in [0.717, 1.165) is 18.1 Å². The molecule has 1 atom stereocenters. The van der Waals surface area contributed by atoms with Gasteiger partial charge in [0.1, 0.15) is 11.9 Å². The molecule has 1 rings (SSSR count). The van der Waals surface area contributed by atoms with Gasteiger partial charge in [0.2, 0.25) is 0 Å². The van der Waals surface area contributed by atoms with Crippen LogP contribution in [0.3, 0.4) is 0 Å². The predicted molar refractivity (Wildman–Crippen MR) is 85.6 cm³/mol. The van der Waals surface area contributed by atoms with Gasteiger partial charge in [-0.2, -0.15) is 0 Å². The zero-order valence-electron chi connectivity index (χ0n) is 13.6. The second-order valence-electron chi connectivity index (χ2n) is 5.39. The highest BCUT2D eigenvalue weighted by Gasteiger charge is 2.10. The van der Waals surface area contributed by atoms with Crippen LogP contribution in [0.2, 0.25) is 0 Å². The number of aliphatic imine (C=N–C) groups is 1. The van der Waals surface area contributed by atoms with Gasteiger partial charge in [-0.05, 0) is 31.0 Å². The Hall–Kier alpha value is -1.71. The van der Waals surface area contributed by atoms with Crippen LogP contribution >= 0.6 is 0 Å². The van der Waals surface area contributed by atoms with Crippen LogP contribution in [0.4, 0.5) is 0 Å². The lowest BCUT2D eigenvalue weighted by Gasteiger charge is -2.24. The van der Waals surface area contributed by atoms with Crippen molar-refractivity contribution < 1.29 is 4.74 Å². The average molecular weight is 277 g/mol. The molecule has 0 N–H and O–H groups in total. The van der Waals surface area contributed by atoms with Crippen molar-refractivity contribution in [3.8, 4) is 5.75 Å². The molecule has 4 heteroatoms. The summed E-state index contributed by atoms with van der Waals surface area (Å²) in [6.45, 7) is 4.86. The minimum atomic E-state index is 0.103. The minimum absolute atomic E-state index is 0.103. The number of benzene rings is 1. The maximum atomic E-state index is 6.01. The molecule has 112 valence electrons. The van der Waals surface area contributed by atoms with Gasteiger partial charge in [-0.25, -0.2) is 4.99 Å². The summed E-state index contributed by atoms with van der Waals surface area (Å²) in [5.41, 5.74) is 1.21. The van der Waals surface area contributed by atoms with E-state index in [0.29, 0.717) is 6.54 Å². The smallest absolute Gasteiger partial charge is 0.195 e. The third-order valence-corrected chi connectivity index (χ3v) is 2.98. The van der Waals surface area contributed by atoms with Gasteiger partial charge >= 0.3 is 0 Å². The van der Waals surface area contributed by atoms with Gasteiger partial charge in [-0.15, -0.1) is 0 Å². The van der Waals surface area contributed by atoms with E-state index in [-0.39, 0.29) is 6.10 Å². The predicted octanol–water partition coefficient (Wildman–Crippen LogP) is 2.63. The highest BCUT2D eigenvalue weighted by Crippen LogP contribution is 2.15. The second kappa shape index (κ2) is 7.78. The molecule has 0 fully saturated rings. The van der Waals surface area contributed by atoms with Crippen LogP contribution in [0.1, 0.15) is 18.9 Å². The summed E-state index contributed by atoms with van der Waals surface area (Å²) < 4.78 is 6.01. The highest BCUT2D eigenvalue weighted by atomic mass is 16.5. The lowest BCUT2D eigenvalue weighted by atomic mass is 10.2. The molecule has 4 nitrogen and oxygen atoms in total. The number of guanidine groups is 1. The fraction of sp³-hybridized carbons (Fsp3) is 0.562. The number of rotatable bonds is 5. The minimum Gasteiger partial charge on any atom is -0.489 e. The first-order chi connectivity index (χ1) is 9.43. The molecule has 0 aromatic heterocycles. The van der Waals surface area contributed by atoms with Crippen molar-refractivity contribution in [3.05, 3.63) is 29.8 Å². The van der Waals surface area contributed by atoms with Gasteiger partial charge in [0, 0.05) is 28.2 Å². The highest BCUT2D eigenvalue weighted by molar-refractivity contribution is 5.79. The maximum Gasteiger partial charge on any atom is 0.195 e. The molecule has 1 aromatic rings. The van der Waals surface area contributed by atoms with Crippen molar-refractivity contribution in [1.82, 2.24) is 9.80 Å². The Morgan fingerprint density at radius 1 is 1.20 bits per heavy atom. The molecule has 1 aromatic carbocycles. The first-order valence-electron chi connectivity index (χ1n) is 7.06. The Labute approximate surface area is 123 Å². The van der Waals surface area contributed by atoms with E-state index in [1.165, 1.54) is 5.56 Å². The largest absolute Gasteiger partial charge is 0.489 e. The Kier molecular flexibility index (Phi) is 6.36. The Morgan fingerprint density at radius 3 is 2.35 bits per heavy atom. The number of hydrogen-bond acceptors (Lipinski definition) is 2. The molecule has 0 bridgehead atoms. The zero-order valence-corrected chi connectivity index (χ0v) is 13.6. The third-order valence-electron chi connectivity index (χ3n) is 2.98. The van der Waals surface area contributed by atoms with Crippen LogP contribution in [0, 0.1) is 6.92 Å². The van der Waals surface area contributed by atoms with Gasteiger partial charge < -0.3 is 14.5 Å². The van der Waals surface area contributed by atoms with Crippen LogP contribution in [0.25, 0.3) is 0 Å². The average Bonchev–Trinajstić information content (AvgIpc) is 2.36. The fourth-order valence-electron chi connectivity index (χ4n) is 2.00. The molecule has 0 radical (unpaired) electrons. The summed E-state index contributed by atoms with van der Waals surface area (Å²) in [6, 6.07) is 8.15. The van der Waals surface area contributed by atoms with E-state index < -0.39 is 0 Å². The van der Waals surface area contributed by atoms with Crippen molar-refractivity contribution in [2.24, 2.45) is 4.99 Å². The first kappa shape index (κ1) is 16.3. The van der Waals surface area contributed by atoms with E-state index in [4.69, 9.17) is 4.74 Å². The molecule has 1 unspecified atom stereocenters. The van der Waals surface area contributed by atoms with E-state index >= 15 is 0 Å². The number of nitrogens with zero attached hydrogens (tertiary/aromatic N) is 3. The molecule has 0 aliphatic rings. The normalized spacial score (nSPS) is 11.7. The number of ether oxygens (including phenoxy) is 1. The van der Waals surface area contributed by atoms with Crippen molar-refractivity contribution >= 4 is 5.96 Å². The Balaban J connectivity index is 2.70. The zero-order chi connectivity index (χ0) is 15.1. The van der Waals surface area contributed by atoms with Gasteiger partial charge in [0.15, 0.2) is 5.96 Å². The second-order valence-corrected chi connectivity index (χ2v) is 5.39. The van der Waals surface area contributed by atoms with E-state index in [1.807, 2.05) is 50.1 Å². The van der Waals surface area contributed by atoms with Crippen molar-refractivity contribution in [1.29, 1.82) is 0 Å². The van der Waals surface area contributed by atoms with Crippen LogP contribution in [-0.4, -0.2) is 56.6 Å². The molecule has 0 amide bonds. The number of hydrogen-bond donors (Lipinski definition) is 0. The summed E-state index contributed by atoms with van der Waals surface area (Å²) >= 11 is 0. The quantitative estimate of drug-likeness (QED) is 0.612. The van der Waals surface area contributed by atoms with Gasteiger partial charge in [0.25, 0.3) is 0 Å². The van der Waals surface area contributed by atoms with E-state index in [1.54, 1.807) is 0 Å². The van der Waals surface area contributed by atoms with Gasteiger partial charge in [0.05, 0.1) is 6.54 Å². The molecule has 20 heavy (non-hydrogen) atoms. The van der Waals surface area contributed by atoms with Crippen LogP contribution < -0.4 is 4.74 Å². The first-order valence-corrected chi connectivity index (χ1v) is 7.06. The van der Waals surface area contributed by atoms with Crippen LogP contribution in [0.5, 0.6) is 5.75 Å². The van der Waals surface area contributed by atoms with Crippen LogP contribution in [-0.2, 0) is 0 Å². The summed E-state index contributed by atoms with van der Waals surface area (Å²) in [7, 11) is 8.00. The summed E-state index contributed by atoms with van der Waals surface area (Å²) in [5.74, 6) is 1.87. The molecule has 0 heterocycles.